The van der Waals surface area contributed by atoms with Crippen LogP contribution in [-0.4, -0.2) is 22.1 Å². The molecule has 0 heterocycles. The summed E-state index contributed by atoms with van der Waals surface area (Å²) >= 11 is 31.2. The van der Waals surface area contributed by atoms with E-state index < -0.39 is 28.0 Å². The Morgan fingerprint density at radius 2 is 1.43 bits per heavy atom. The fraction of sp³-hybridized carbons (Fsp3) is 0.192. The summed E-state index contributed by atoms with van der Waals surface area (Å²) in [4.78, 5) is 37.3. The topological polar surface area (TPSA) is 87.3 Å². The van der Waals surface area contributed by atoms with Gasteiger partial charge in [-0.25, -0.2) is 0 Å². The van der Waals surface area contributed by atoms with Crippen molar-refractivity contribution in [2.24, 2.45) is 5.92 Å². The highest BCUT2D eigenvalue weighted by molar-refractivity contribution is 6.53. The number of benzene rings is 3. The zero-order valence-corrected chi connectivity index (χ0v) is 23.2. The molecule has 0 radical (unpaired) electrons. The largest absolute Gasteiger partial charge is 0.326 e. The molecule has 1 aliphatic rings. The number of rotatable bonds is 6. The van der Waals surface area contributed by atoms with Crippen LogP contribution in [0.5, 0.6) is 0 Å². The van der Waals surface area contributed by atoms with Crippen LogP contribution in [-0.2, 0) is 9.59 Å². The van der Waals surface area contributed by atoms with E-state index in [0.29, 0.717) is 32.7 Å². The van der Waals surface area contributed by atoms with Gasteiger partial charge in [-0.1, -0.05) is 40.9 Å². The lowest BCUT2D eigenvalue weighted by molar-refractivity contribution is -0.117. The molecule has 6 nitrogen and oxygen atoms in total. The van der Waals surface area contributed by atoms with Crippen molar-refractivity contribution in [1.82, 2.24) is 0 Å². The number of amides is 3. The highest BCUT2D eigenvalue weighted by Crippen LogP contribution is 2.65. The molecule has 0 spiro atoms. The van der Waals surface area contributed by atoms with Crippen LogP contribution >= 0.6 is 58.0 Å². The maximum Gasteiger partial charge on any atom is 0.257 e. The zero-order valence-electron chi connectivity index (χ0n) is 19.5. The summed E-state index contributed by atoms with van der Waals surface area (Å²) in [6.07, 6.45) is 0. The molecular weight excluding hydrogens is 580 g/mol. The minimum atomic E-state index is -1.32. The molecule has 11 heteroatoms. The van der Waals surface area contributed by atoms with E-state index in [2.05, 4.69) is 16.0 Å². The molecule has 0 unspecified atom stereocenters. The van der Waals surface area contributed by atoms with Crippen LogP contribution in [0.4, 0.5) is 17.1 Å². The quantitative estimate of drug-likeness (QED) is 0.254. The lowest BCUT2D eigenvalue weighted by atomic mass is 10.1. The van der Waals surface area contributed by atoms with Gasteiger partial charge in [-0.2, -0.15) is 0 Å². The molecule has 0 bridgehead atoms. The van der Waals surface area contributed by atoms with Crippen LogP contribution in [0, 0.1) is 12.8 Å². The molecule has 4 rings (SSSR count). The van der Waals surface area contributed by atoms with Crippen molar-refractivity contribution in [2.45, 2.75) is 24.1 Å². The van der Waals surface area contributed by atoms with Crippen LogP contribution in [0.2, 0.25) is 15.1 Å². The Hall–Kier alpha value is -2.48. The molecule has 0 aromatic heterocycles. The van der Waals surface area contributed by atoms with E-state index in [1.54, 1.807) is 49.4 Å². The number of aryl methyl sites for hydroxylation is 1. The zero-order chi connectivity index (χ0) is 27.1. The molecule has 1 fully saturated rings. The van der Waals surface area contributed by atoms with E-state index >= 15 is 0 Å². The second kappa shape index (κ2) is 10.7. The highest BCUT2D eigenvalue weighted by Gasteiger charge is 2.67. The fourth-order valence-corrected chi connectivity index (χ4v) is 5.38. The molecule has 0 aliphatic heterocycles. The van der Waals surface area contributed by atoms with Crippen molar-refractivity contribution in [1.29, 1.82) is 0 Å². The summed E-state index contributed by atoms with van der Waals surface area (Å²) in [5, 5.41) is 9.17. The van der Waals surface area contributed by atoms with Gasteiger partial charge in [-0.15, -0.1) is 23.2 Å². The molecule has 3 amide bonds. The molecule has 3 aromatic rings. The molecule has 2 atom stereocenters. The second-order valence-electron chi connectivity index (χ2n) is 8.65. The van der Waals surface area contributed by atoms with Crippen molar-refractivity contribution in [3.05, 3.63) is 86.4 Å². The number of carbonyl (C=O) groups is 3. The molecule has 192 valence electrons. The van der Waals surface area contributed by atoms with E-state index in [0.717, 1.165) is 5.56 Å². The normalized spacial score (nSPS) is 17.6. The van der Waals surface area contributed by atoms with Gasteiger partial charge in [0.05, 0.1) is 26.5 Å². The summed E-state index contributed by atoms with van der Waals surface area (Å²) in [5.74, 6) is -2.31. The Morgan fingerprint density at radius 3 is 2.08 bits per heavy atom. The van der Waals surface area contributed by atoms with Crippen molar-refractivity contribution in [2.75, 3.05) is 16.0 Å². The average molecular weight is 600 g/mol. The van der Waals surface area contributed by atoms with Gasteiger partial charge in [0, 0.05) is 29.9 Å². The van der Waals surface area contributed by atoms with Gasteiger partial charge in [-0.3, -0.25) is 14.4 Å². The van der Waals surface area contributed by atoms with Crippen LogP contribution < -0.4 is 16.0 Å². The third-order valence-electron chi connectivity index (χ3n) is 5.91. The monoisotopic (exact) mass is 597 g/mol. The number of hydrogen-bond donors (Lipinski definition) is 3. The molecule has 3 N–H and O–H groups in total. The predicted molar refractivity (Wildman–Crippen MR) is 151 cm³/mol. The number of alkyl halides is 2. The van der Waals surface area contributed by atoms with Gasteiger partial charge < -0.3 is 16.0 Å². The summed E-state index contributed by atoms with van der Waals surface area (Å²) in [7, 11) is 0. The molecule has 1 aliphatic carbocycles. The Balaban J connectivity index is 1.48. The smallest absolute Gasteiger partial charge is 0.257 e. The second-order valence-corrected chi connectivity index (χ2v) is 11.3. The lowest BCUT2D eigenvalue weighted by Crippen LogP contribution is -2.18. The van der Waals surface area contributed by atoms with Crippen LogP contribution in [0.3, 0.4) is 0 Å². The Morgan fingerprint density at radius 1 is 0.784 bits per heavy atom. The van der Waals surface area contributed by atoms with E-state index in [1.807, 2.05) is 0 Å². The van der Waals surface area contributed by atoms with Gasteiger partial charge in [0.1, 0.15) is 4.33 Å². The van der Waals surface area contributed by atoms with E-state index in [1.165, 1.54) is 19.1 Å². The third kappa shape index (κ3) is 6.00. The molecule has 37 heavy (non-hydrogen) atoms. The molecular formula is C26H20Cl5N3O3. The van der Waals surface area contributed by atoms with Gasteiger partial charge >= 0.3 is 0 Å². The Bertz CT molecular complexity index is 1430. The minimum Gasteiger partial charge on any atom is -0.326 e. The van der Waals surface area contributed by atoms with Crippen LogP contribution in [0.15, 0.2) is 54.6 Å². The lowest BCUT2D eigenvalue weighted by Gasteiger charge is -2.13. The van der Waals surface area contributed by atoms with E-state index in [-0.39, 0.29) is 16.5 Å². The van der Waals surface area contributed by atoms with E-state index in [4.69, 9.17) is 58.0 Å². The Labute approximate surface area is 238 Å². The number of halogens is 5. The first-order valence-electron chi connectivity index (χ1n) is 11.0. The number of nitrogens with one attached hydrogen (secondary N) is 3. The van der Waals surface area contributed by atoms with E-state index in [9.17, 15) is 14.4 Å². The van der Waals surface area contributed by atoms with Crippen LogP contribution in [0.25, 0.3) is 0 Å². The van der Waals surface area contributed by atoms with Crippen LogP contribution in [0.1, 0.15) is 34.3 Å². The number of anilines is 3. The number of carbonyl (C=O) groups excluding carboxylic acids is 3. The molecule has 1 saturated carbocycles. The van der Waals surface area contributed by atoms with Gasteiger partial charge in [-0.05, 0) is 66.6 Å². The van der Waals surface area contributed by atoms with Crippen molar-refractivity contribution in [3.8, 4) is 0 Å². The minimum absolute atomic E-state index is 0.157. The summed E-state index contributed by atoms with van der Waals surface area (Å²) in [6, 6.07) is 14.6. The SMILES string of the molecule is CC(=O)Nc1ccc(NC(=O)c2cc(NC(=O)[C@H]3[C@H](c4ccc(Cl)c(Cl)c4)C3(Cl)Cl)ccc2Cl)c(C)c1. The Kier molecular flexibility index (Phi) is 7.98. The molecule has 3 aromatic carbocycles. The predicted octanol–water partition coefficient (Wildman–Crippen LogP) is 7.69. The van der Waals surface area contributed by atoms with Crippen molar-refractivity contribution in [3.63, 3.8) is 0 Å². The maximum absolute atomic E-state index is 13.0. The fourth-order valence-electron chi connectivity index (χ4n) is 4.05. The number of hydrogen-bond acceptors (Lipinski definition) is 3. The maximum atomic E-state index is 13.0. The average Bonchev–Trinajstić information content (AvgIpc) is 3.40. The summed E-state index contributed by atoms with van der Waals surface area (Å²) in [6.45, 7) is 3.21. The molecule has 0 saturated heterocycles. The van der Waals surface area contributed by atoms with Gasteiger partial charge in [0.25, 0.3) is 5.91 Å². The van der Waals surface area contributed by atoms with Gasteiger partial charge in [0.15, 0.2) is 0 Å². The van der Waals surface area contributed by atoms with Gasteiger partial charge in [0.2, 0.25) is 11.8 Å². The third-order valence-corrected chi connectivity index (χ3v) is 7.92. The standard InChI is InChI=1S/C26H20Cl5N3O3/c1-12-9-15(32-13(2)35)5-8-21(12)34-24(36)17-11-16(4-7-18(17)27)33-25(37)23-22(26(23,30)31)14-3-6-19(28)20(29)10-14/h3-11,22-23H,1-2H3,(H,32,35)(H,33,37)(H,34,36)/t22-,23+/m0/s1. The first-order valence-corrected chi connectivity index (χ1v) is 12.9. The van der Waals surface area contributed by atoms with Crippen molar-refractivity contribution >= 4 is 92.8 Å². The summed E-state index contributed by atoms with van der Waals surface area (Å²) < 4.78 is -1.32. The summed E-state index contributed by atoms with van der Waals surface area (Å²) in [5.41, 5.74) is 3.09. The highest BCUT2D eigenvalue weighted by atomic mass is 35.5. The first kappa shape index (κ1) is 27.6. The van der Waals surface area contributed by atoms with Crippen molar-refractivity contribution < 1.29 is 14.4 Å². The first-order chi connectivity index (χ1) is 17.4.